The Hall–Kier alpha value is -1.55. The van der Waals surface area contributed by atoms with E-state index in [1.54, 1.807) is 19.4 Å². The lowest BCUT2D eigenvalue weighted by atomic mass is 10.1. The Morgan fingerprint density at radius 1 is 1.47 bits per heavy atom. The largest absolute Gasteiger partial charge is 0.496 e. The van der Waals surface area contributed by atoms with Crippen molar-refractivity contribution >= 4 is 10.9 Å². The number of aromatic amines is 1. The summed E-state index contributed by atoms with van der Waals surface area (Å²) in [5.41, 5.74) is 6.97. The quantitative estimate of drug-likeness (QED) is 0.808. The number of nitrogens with two attached hydrogens (primary N) is 1. The molecule has 0 unspecified atom stereocenters. The lowest BCUT2D eigenvalue weighted by Gasteiger charge is -2.04. The van der Waals surface area contributed by atoms with Gasteiger partial charge in [-0.3, -0.25) is 0 Å². The van der Waals surface area contributed by atoms with Crippen molar-refractivity contribution in [3.63, 3.8) is 0 Å². The fourth-order valence-electron chi connectivity index (χ4n) is 1.77. The molecule has 4 heteroatoms. The van der Waals surface area contributed by atoms with Crippen LogP contribution in [0.15, 0.2) is 18.3 Å². The van der Waals surface area contributed by atoms with E-state index in [9.17, 15) is 4.39 Å². The zero-order chi connectivity index (χ0) is 10.8. The molecule has 0 saturated carbocycles. The van der Waals surface area contributed by atoms with Gasteiger partial charge < -0.3 is 15.5 Å². The van der Waals surface area contributed by atoms with Crippen molar-refractivity contribution in [2.45, 2.75) is 6.42 Å². The van der Waals surface area contributed by atoms with E-state index >= 15 is 0 Å². The average molecular weight is 208 g/mol. The molecule has 0 saturated heterocycles. The van der Waals surface area contributed by atoms with Crippen molar-refractivity contribution in [1.29, 1.82) is 0 Å². The first-order valence-corrected chi connectivity index (χ1v) is 4.80. The zero-order valence-electron chi connectivity index (χ0n) is 8.51. The lowest BCUT2D eigenvalue weighted by Crippen LogP contribution is -2.02. The molecular weight excluding hydrogens is 195 g/mol. The maximum absolute atomic E-state index is 13.4. The number of hydrogen-bond acceptors (Lipinski definition) is 2. The van der Waals surface area contributed by atoms with Crippen LogP contribution in [0.2, 0.25) is 0 Å². The van der Waals surface area contributed by atoms with Crippen molar-refractivity contribution < 1.29 is 9.13 Å². The number of aromatic nitrogens is 1. The van der Waals surface area contributed by atoms with Gasteiger partial charge in [-0.2, -0.15) is 0 Å². The smallest absolute Gasteiger partial charge is 0.147 e. The predicted octanol–water partition coefficient (Wildman–Crippen LogP) is 1.82. The van der Waals surface area contributed by atoms with E-state index in [1.807, 2.05) is 0 Å². The van der Waals surface area contributed by atoms with E-state index in [4.69, 9.17) is 10.5 Å². The van der Waals surface area contributed by atoms with Crippen molar-refractivity contribution in [1.82, 2.24) is 4.98 Å². The van der Waals surface area contributed by atoms with E-state index in [0.717, 1.165) is 10.9 Å². The molecule has 2 aromatic rings. The fraction of sp³-hybridized carbons (Fsp3) is 0.273. The van der Waals surface area contributed by atoms with Gasteiger partial charge in [0, 0.05) is 11.6 Å². The number of rotatable bonds is 3. The second kappa shape index (κ2) is 3.90. The van der Waals surface area contributed by atoms with Gasteiger partial charge in [0.2, 0.25) is 0 Å². The molecule has 0 aliphatic heterocycles. The van der Waals surface area contributed by atoms with Crippen molar-refractivity contribution in [2.75, 3.05) is 13.7 Å². The van der Waals surface area contributed by atoms with Gasteiger partial charge in [0.1, 0.15) is 11.6 Å². The maximum atomic E-state index is 13.4. The zero-order valence-corrected chi connectivity index (χ0v) is 8.51. The van der Waals surface area contributed by atoms with Crippen LogP contribution in [0.3, 0.4) is 0 Å². The van der Waals surface area contributed by atoms with Crippen LogP contribution >= 0.6 is 0 Å². The lowest BCUT2D eigenvalue weighted by molar-refractivity contribution is 0.419. The van der Waals surface area contributed by atoms with Crippen LogP contribution in [0.5, 0.6) is 5.75 Å². The minimum absolute atomic E-state index is 0.269. The highest BCUT2D eigenvalue weighted by atomic mass is 19.1. The highest BCUT2D eigenvalue weighted by molar-refractivity contribution is 5.89. The minimum Gasteiger partial charge on any atom is -0.496 e. The van der Waals surface area contributed by atoms with Gasteiger partial charge in [0.15, 0.2) is 0 Å². The first-order chi connectivity index (χ1) is 7.27. The number of nitrogens with one attached hydrogen (secondary N) is 1. The first kappa shape index (κ1) is 9.98. The van der Waals surface area contributed by atoms with Crippen molar-refractivity contribution in [2.24, 2.45) is 5.73 Å². The number of methoxy groups -OCH3 is 1. The summed E-state index contributed by atoms with van der Waals surface area (Å²) in [6, 6.07) is 3.02. The summed E-state index contributed by atoms with van der Waals surface area (Å²) in [5, 5.41) is 0.794. The molecule has 80 valence electrons. The topological polar surface area (TPSA) is 51.0 Å². The molecule has 0 amide bonds. The highest BCUT2D eigenvalue weighted by Crippen LogP contribution is 2.30. The van der Waals surface area contributed by atoms with Gasteiger partial charge in [0.05, 0.1) is 12.6 Å². The third-order valence-corrected chi connectivity index (χ3v) is 2.46. The molecule has 3 nitrogen and oxygen atoms in total. The molecule has 2 rings (SSSR count). The summed E-state index contributed by atoms with van der Waals surface area (Å²) in [6.45, 7) is 0.534. The van der Waals surface area contributed by atoms with Gasteiger partial charge in [-0.15, -0.1) is 0 Å². The Kier molecular flexibility index (Phi) is 2.60. The number of H-pyrrole nitrogens is 1. The Morgan fingerprint density at radius 3 is 2.93 bits per heavy atom. The van der Waals surface area contributed by atoms with E-state index in [1.165, 1.54) is 6.07 Å². The third kappa shape index (κ3) is 1.57. The van der Waals surface area contributed by atoms with Crippen LogP contribution in [-0.2, 0) is 6.42 Å². The molecule has 0 radical (unpaired) electrons. The summed E-state index contributed by atoms with van der Waals surface area (Å²) < 4.78 is 18.6. The van der Waals surface area contributed by atoms with E-state index in [0.29, 0.717) is 24.2 Å². The van der Waals surface area contributed by atoms with E-state index in [-0.39, 0.29) is 5.82 Å². The molecule has 0 spiro atoms. The Labute approximate surface area is 87.0 Å². The Balaban J connectivity index is 2.69. The molecule has 0 aliphatic carbocycles. The Morgan fingerprint density at radius 2 is 2.27 bits per heavy atom. The number of ether oxygens (including phenoxy) is 1. The normalized spacial score (nSPS) is 10.9. The summed E-state index contributed by atoms with van der Waals surface area (Å²) >= 11 is 0. The summed E-state index contributed by atoms with van der Waals surface area (Å²) in [7, 11) is 1.58. The molecule has 0 atom stereocenters. The van der Waals surface area contributed by atoms with Crippen LogP contribution in [-0.4, -0.2) is 18.6 Å². The summed E-state index contributed by atoms with van der Waals surface area (Å²) in [4.78, 5) is 2.91. The molecule has 1 aromatic heterocycles. The standard InChI is InChI=1S/C11H13FN2O/c1-15-9-3-2-8(12)11-10(9)7(4-5-13)6-14-11/h2-3,6,14H,4-5,13H2,1H3. The van der Waals surface area contributed by atoms with Gasteiger partial charge in [-0.05, 0) is 30.7 Å². The SMILES string of the molecule is COc1ccc(F)c2[nH]cc(CCN)c12. The molecule has 3 N–H and O–H groups in total. The average Bonchev–Trinajstić information content (AvgIpc) is 2.65. The molecular formula is C11H13FN2O. The van der Waals surface area contributed by atoms with Gasteiger partial charge in [0.25, 0.3) is 0 Å². The van der Waals surface area contributed by atoms with Gasteiger partial charge in [-0.25, -0.2) is 4.39 Å². The molecule has 0 aliphatic rings. The fourth-order valence-corrected chi connectivity index (χ4v) is 1.77. The third-order valence-electron chi connectivity index (χ3n) is 2.46. The highest BCUT2D eigenvalue weighted by Gasteiger charge is 2.12. The van der Waals surface area contributed by atoms with Crippen LogP contribution in [0.1, 0.15) is 5.56 Å². The van der Waals surface area contributed by atoms with Crippen LogP contribution in [0, 0.1) is 5.82 Å². The van der Waals surface area contributed by atoms with Crippen LogP contribution in [0.4, 0.5) is 4.39 Å². The van der Waals surface area contributed by atoms with E-state index in [2.05, 4.69) is 4.98 Å². The molecule has 15 heavy (non-hydrogen) atoms. The molecule has 1 heterocycles. The van der Waals surface area contributed by atoms with Crippen LogP contribution < -0.4 is 10.5 Å². The summed E-state index contributed by atoms with van der Waals surface area (Å²) in [6.07, 6.45) is 2.49. The summed E-state index contributed by atoms with van der Waals surface area (Å²) in [5.74, 6) is 0.408. The molecule has 1 aromatic carbocycles. The number of benzene rings is 1. The monoisotopic (exact) mass is 208 g/mol. The Bertz CT molecular complexity index is 479. The van der Waals surface area contributed by atoms with Crippen LogP contribution in [0.25, 0.3) is 10.9 Å². The van der Waals surface area contributed by atoms with Crippen molar-refractivity contribution in [3.8, 4) is 5.75 Å². The maximum Gasteiger partial charge on any atom is 0.147 e. The van der Waals surface area contributed by atoms with Gasteiger partial charge in [-0.1, -0.05) is 0 Å². The molecule has 0 bridgehead atoms. The number of fused-ring (bicyclic) bond motifs is 1. The number of halogens is 1. The molecule has 0 fully saturated rings. The van der Waals surface area contributed by atoms with Crippen molar-refractivity contribution in [3.05, 3.63) is 29.7 Å². The first-order valence-electron chi connectivity index (χ1n) is 4.80. The second-order valence-electron chi connectivity index (χ2n) is 3.35. The minimum atomic E-state index is -0.269. The second-order valence-corrected chi connectivity index (χ2v) is 3.35. The number of hydrogen-bond donors (Lipinski definition) is 2. The van der Waals surface area contributed by atoms with E-state index < -0.39 is 0 Å². The predicted molar refractivity (Wildman–Crippen MR) is 57.6 cm³/mol. The van der Waals surface area contributed by atoms with Gasteiger partial charge >= 0.3 is 0 Å².